The van der Waals surface area contributed by atoms with E-state index < -0.39 is 26.5 Å². The van der Waals surface area contributed by atoms with Gasteiger partial charge < -0.3 is 18.9 Å². The van der Waals surface area contributed by atoms with Crippen molar-refractivity contribution >= 4 is 19.8 Å². The van der Waals surface area contributed by atoms with Crippen LogP contribution in [0.25, 0.3) is 0 Å². The first kappa shape index (κ1) is 67.0. The van der Waals surface area contributed by atoms with Crippen LogP contribution in [0.15, 0.2) is 0 Å². The first-order valence-electron chi connectivity index (χ1n) is 29.8. The summed E-state index contributed by atoms with van der Waals surface area (Å²) in [4.78, 5) is 35.4. The number of carbonyl (C=O) groups excluding carboxylic acids is 2. The number of hydrogen-bond acceptors (Lipinski definition) is 7. The Labute approximate surface area is 423 Å². The molecule has 1 N–H and O–H groups in total. The van der Waals surface area contributed by atoms with E-state index in [0.717, 1.165) is 38.5 Å². The number of hydrogen-bond donors (Lipinski definition) is 1. The zero-order valence-corrected chi connectivity index (χ0v) is 47.0. The minimum atomic E-state index is -4.37. The molecule has 0 rings (SSSR count). The molecule has 0 spiro atoms. The van der Waals surface area contributed by atoms with E-state index >= 15 is 0 Å². The lowest BCUT2D eigenvalue weighted by atomic mass is 10.0. The monoisotopic (exact) mass is 987 g/mol. The number of phosphoric acid groups is 1. The van der Waals surface area contributed by atoms with E-state index in [4.69, 9.17) is 18.5 Å². The summed E-state index contributed by atoms with van der Waals surface area (Å²) in [7, 11) is 1.50. The van der Waals surface area contributed by atoms with Crippen LogP contribution in [0.4, 0.5) is 0 Å². The second-order valence-electron chi connectivity index (χ2n) is 21.8. The molecule has 0 amide bonds. The molecule has 0 aromatic heterocycles. The Hall–Kier alpha value is -0.990. The predicted octanol–water partition coefficient (Wildman–Crippen LogP) is 18.3. The fourth-order valence-corrected chi connectivity index (χ4v) is 9.76. The highest BCUT2D eigenvalue weighted by Gasteiger charge is 2.27. The molecular formula is C58H117NO8P+. The summed E-state index contributed by atoms with van der Waals surface area (Å²) in [5.74, 6) is -0.782. The van der Waals surface area contributed by atoms with Gasteiger partial charge in [-0.2, -0.15) is 0 Å². The molecule has 2 unspecified atom stereocenters. The fraction of sp³-hybridized carbons (Fsp3) is 0.966. The molecule has 0 bridgehead atoms. The van der Waals surface area contributed by atoms with Crippen LogP contribution >= 0.6 is 7.82 Å². The van der Waals surface area contributed by atoms with E-state index in [2.05, 4.69) is 13.8 Å². The van der Waals surface area contributed by atoms with Crippen molar-refractivity contribution in [2.75, 3.05) is 47.5 Å². The third-order valence-corrected chi connectivity index (χ3v) is 14.6. The van der Waals surface area contributed by atoms with Crippen LogP contribution in [0.1, 0.15) is 309 Å². The van der Waals surface area contributed by atoms with Crippen LogP contribution in [0, 0.1) is 0 Å². The Morgan fingerprint density at radius 2 is 0.662 bits per heavy atom. The number of quaternary nitrogens is 1. The molecule has 0 fully saturated rings. The van der Waals surface area contributed by atoms with Crippen molar-refractivity contribution in [1.29, 1.82) is 0 Å². The number of likely N-dealkylation sites (N-methyl/N-ethyl adjacent to an activating group) is 1. The molecule has 0 aliphatic carbocycles. The molecule has 68 heavy (non-hydrogen) atoms. The molecule has 0 radical (unpaired) electrons. The number of phosphoric ester groups is 1. The minimum Gasteiger partial charge on any atom is -0.462 e. The number of ether oxygens (including phenoxy) is 2. The zero-order chi connectivity index (χ0) is 49.9. The highest BCUT2D eigenvalue weighted by atomic mass is 31.2. The standard InChI is InChI=1S/C58H116NO8P/c1-6-8-10-12-14-16-17-18-19-20-21-22-23-24-25-26-27-28-29-30-31-32-33-34-35-36-37-38-39-40-41-43-45-47-49-51-58(61)67-56(55-66-68(62,63)65-53-52-59(3,4)5)54-64-57(60)50-48-46-44-42-15-13-11-9-7-2/h56H,6-55H2,1-5H3/p+1. The molecule has 0 aliphatic rings. The van der Waals surface area contributed by atoms with E-state index in [-0.39, 0.29) is 25.6 Å². The van der Waals surface area contributed by atoms with E-state index in [0.29, 0.717) is 17.4 Å². The van der Waals surface area contributed by atoms with Crippen molar-refractivity contribution in [2.45, 2.75) is 315 Å². The number of rotatable bonds is 56. The van der Waals surface area contributed by atoms with Gasteiger partial charge in [-0.1, -0.05) is 284 Å². The van der Waals surface area contributed by atoms with Gasteiger partial charge >= 0.3 is 19.8 Å². The van der Waals surface area contributed by atoms with Gasteiger partial charge in [0.2, 0.25) is 0 Å². The lowest BCUT2D eigenvalue weighted by Gasteiger charge is -2.24. The SMILES string of the molecule is CCCCCCCCCCCCCCCCCCCCCCCCCCCCCCCCCCCCCC(=O)OC(COC(=O)CCCCCCCCCCC)COP(=O)(O)OCC[N+](C)(C)C. The highest BCUT2D eigenvalue weighted by molar-refractivity contribution is 7.47. The third-order valence-electron chi connectivity index (χ3n) is 13.6. The molecule has 9 nitrogen and oxygen atoms in total. The first-order valence-corrected chi connectivity index (χ1v) is 31.3. The number of carbonyl (C=O) groups is 2. The first-order chi connectivity index (χ1) is 33.0. The van der Waals surface area contributed by atoms with Gasteiger partial charge in [-0.15, -0.1) is 0 Å². The van der Waals surface area contributed by atoms with Gasteiger partial charge in [0.05, 0.1) is 27.7 Å². The van der Waals surface area contributed by atoms with Gasteiger partial charge in [0.1, 0.15) is 19.8 Å². The summed E-state index contributed by atoms with van der Waals surface area (Å²) in [6.45, 7) is 4.46. The second kappa shape index (κ2) is 50.9. The zero-order valence-electron chi connectivity index (χ0n) is 46.1. The molecule has 0 saturated heterocycles. The van der Waals surface area contributed by atoms with E-state index in [1.807, 2.05) is 21.1 Å². The molecule has 406 valence electrons. The van der Waals surface area contributed by atoms with Crippen LogP contribution in [-0.4, -0.2) is 74.9 Å². The molecule has 0 aromatic carbocycles. The van der Waals surface area contributed by atoms with Crippen molar-refractivity contribution in [3.05, 3.63) is 0 Å². The summed E-state index contributed by atoms with van der Waals surface area (Å²) in [5, 5.41) is 0. The van der Waals surface area contributed by atoms with E-state index in [1.54, 1.807) is 0 Å². The van der Waals surface area contributed by atoms with Gasteiger partial charge in [0, 0.05) is 12.8 Å². The van der Waals surface area contributed by atoms with Crippen LogP contribution in [-0.2, 0) is 32.7 Å². The topological polar surface area (TPSA) is 108 Å². The average molecular weight is 988 g/mol. The molecule has 0 aromatic rings. The molecule has 2 atom stereocenters. The van der Waals surface area contributed by atoms with Crippen molar-refractivity contribution < 1.29 is 42.1 Å². The van der Waals surface area contributed by atoms with Gasteiger partial charge in [0.25, 0.3) is 0 Å². The lowest BCUT2D eigenvalue weighted by Crippen LogP contribution is -2.37. The Balaban J connectivity index is 3.82. The van der Waals surface area contributed by atoms with Gasteiger partial charge in [-0.3, -0.25) is 18.6 Å². The Kier molecular flexibility index (Phi) is 50.2. The van der Waals surface area contributed by atoms with Crippen LogP contribution in [0.5, 0.6) is 0 Å². The van der Waals surface area contributed by atoms with E-state index in [9.17, 15) is 19.0 Å². The fourth-order valence-electron chi connectivity index (χ4n) is 9.02. The number of esters is 2. The van der Waals surface area contributed by atoms with E-state index in [1.165, 1.54) is 244 Å². The number of nitrogens with zero attached hydrogens (tertiary/aromatic N) is 1. The maximum absolute atomic E-state index is 12.8. The molecular weight excluding hydrogens is 870 g/mol. The summed E-state index contributed by atoms with van der Waals surface area (Å²) >= 11 is 0. The Bertz CT molecular complexity index is 1120. The Morgan fingerprint density at radius 1 is 0.397 bits per heavy atom. The van der Waals surface area contributed by atoms with Gasteiger partial charge in [-0.05, 0) is 12.8 Å². The van der Waals surface area contributed by atoms with Crippen LogP contribution < -0.4 is 0 Å². The van der Waals surface area contributed by atoms with Crippen LogP contribution in [0.3, 0.4) is 0 Å². The lowest BCUT2D eigenvalue weighted by molar-refractivity contribution is -0.870. The Morgan fingerprint density at radius 3 is 0.941 bits per heavy atom. The maximum atomic E-state index is 12.8. The van der Waals surface area contributed by atoms with Gasteiger partial charge in [0.15, 0.2) is 6.10 Å². The summed E-state index contributed by atoms with van der Waals surface area (Å²) in [6, 6.07) is 0. The van der Waals surface area contributed by atoms with Crippen molar-refractivity contribution in [1.82, 2.24) is 0 Å². The molecule has 0 aliphatic heterocycles. The predicted molar refractivity (Wildman–Crippen MR) is 289 cm³/mol. The third kappa shape index (κ3) is 54.3. The summed E-state index contributed by atoms with van der Waals surface area (Å²) < 4.78 is 34.4. The average Bonchev–Trinajstić information content (AvgIpc) is 3.30. The summed E-state index contributed by atoms with van der Waals surface area (Å²) in [6.07, 6.45) is 57.9. The smallest absolute Gasteiger partial charge is 0.462 e. The molecule has 0 heterocycles. The van der Waals surface area contributed by atoms with Crippen molar-refractivity contribution in [3.63, 3.8) is 0 Å². The van der Waals surface area contributed by atoms with Crippen molar-refractivity contribution in [3.8, 4) is 0 Å². The normalized spacial score (nSPS) is 13.2. The maximum Gasteiger partial charge on any atom is 0.472 e. The highest BCUT2D eigenvalue weighted by Crippen LogP contribution is 2.43. The number of unbranched alkanes of at least 4 members (excludes halogenated alkanes) is 42. The molecule has 10 heteroatoms. The summed E-state index contributed by atoms with van der Waals surface area (Å²) in [5.41, 5.74) is 0. The quantitative estimate of drug-likeness (QED) is 0.0278. The largest absolute Gasteiger partial charge is 0.472 e. The molecule has 0 saturated carbocycles. The second-order valence-corrected chi connectivity index (χ2v) is 23.2. The van der Waals surface area contributed by atoms with Crippen molar-refractivity contribution in [2.24, 2.45) is 0 Å². The minimum absolute atomic E-state index is 0.0369. The van der Waals surface area contributed by atoms with Crippen LogP contribution in [0.2, 0.25) is 0 Å². The van der Waals surface area contributed by atoms with Gasteiger partial charge in [-0.25, -0.2) is 4.57 Å².